The average Bonchev–Trinajstić information content (AvgIpc) is 2.96. The van der Waals surface area contributed by atoms with Crippen LogP contribution in [0.3, 0.4) is 0 Å². The van der Waals surface area contributed by atoms with Crippen molar-refractivity contribution in [1.82, 2.24) is 20.2 Å². The third-order valence-electron chi connectivity index (χ3n) is 6.98. The summed E-state index contributed by atoms with van der Waals surface area (Å²) in [6.45, 7) is 4.67. The van der Waals surface area contributed by atoms with Gasteiger partial charge in [0.2, 0.25) is 0 Å². The van der Waals surface area contributed by atoms with Crippen LogP contribution in [0.25, 0.3) is 0 Å². The first kappa shape index (κ1) is 25.3. The van der Waals surface area contributed by atoms with Crippen LogP contribution in [0.15, 0.2) is 97.3 Å². The zero-order chi connectivity index (χ0) is 25.1. The van der Waals surface area contributed by atoms with Crippen LogP contribution >= 0.6 is 0 Å². The van der Waals surface area contributed by atoms with Crippen molar-refractivity contribution in [2.75, 3.05) is 13.2 Å². The first-order chi connectivity index (χ1) is 18.3. The molecule has 1 unspecified atom stereocenters. The van der Waals surface area contributed by atoms with Crippen molar-refractivity contribution < 1.29 is 4.74 Å². The Morgan fingerprint density at radius 3 is 2.54 bits per heavy atom. The third-order valence-corrected chi connectivity index (χ3v) is 6.98. The van der Waals surface area contributed by atoms with Gasteiger partial charge in [-0.1, -0.05) is 66.7 Å². The highest BCUT2D eigenvalue weighted by atomic mass is 16.5. The third kappa shape index (κ3) is 7.32. The van der Waals surface area contributed by atoms with E-state index in [0.29, 0.717) is 19.3 Å². The Balaban J connectivity index is 1.25. The number of rotatable bonds is 12. The molecule has 0 aliphatic heterocycles. The predicted molar refractivity (Wildman–Crippen MR) is 148 cm³/mol. The maximum atomic E-state index is 6.11. The lowest BCUT2D eigenvalue weighted by Gasteiger charge is -2.35. The molecule has 0 amide bonds. The van der Waals surface area contributed by atoms with Crippen LogP contribution in [0.2, 0.25) is 0 Å². The molecule has 190 valence electrons. The van der Waals surface area contributed by atoms with E-state index in [4.69, 9.17) is 9.72 Å². The number of aryl methyl sites for hydroxylation is 1. The van der Waals surface area contributed by atoms with Crippen molar-refractivity contribution in [2.45, 2.75) is 51.5 Å². The van der Waals surface area contributed by atoms with Gasteiger partial charge >= 0.3 is 0 Å². The van der Waals surface area contributed by atoms with Crippen molar-refractivity contribution in [3.05, 3.63) is 131 Å². The minimum absolute atomic E-state index is 0.316. The maximum Gasteiger partial charge on any atom is 0.0717 e. The highest BCUT2D eigenvalue weighted by Gasteiger charge is 2.27. The van der Waals surface area contributed by atoms with Crippen molar-refractivity contribution in [2.24, 2.45) is 0 Å². The van der Waals surface area contributed by atoms with Gasteiger partial charge in [0.15, 0.2) is 0 Å². The normalized spacial score (nSPS) is 15.0. The topological polar surface area (TPSA) is 50.3 Å². The molecule has 0 saturated carbocycles. The Morgan fingerprint density at radius 2 is 1.65 bits per heavy atom. The summed E-state index contributed by atoms with van der Waals surface area (Å²) >= 11 is 0. The highest BCUT2D eigenvalue weighted by molar-refractivity contribution is 5.27. The van der Waals surface area contributed by atoms with Crippen molar-refractivity contribution in [3.8, 4) is 0 Å². The number of benzene rings is 2. The lowest BCUT2D eigenvalue weighted by Crippen LogP contribution is -2.34. The van der Waals surface area contributed by atoms with Gasteiger partial charge in [-0.2, -0.15) is 0 Å². The molecule has 5 heteroatoms. The SMILES string of the molecule is c1ccc(COCCN(Cc2cccc(CNCc3ccccn3)c2)C2CCCc3cccnc32)cc1. The summed E-state index contributed by atoms with van der Waals surface area (Å²) in [4.78, 5) is 11.8. The summed E-state index contributed by atoms with van der Waals surface area (Å²) in [6.07, 6.45) is 7.23. The van der Waals surface area contributed by atoms with Gasteiger partial charge in [0.25, 0.3) is 0 Å². The molecule has 1 N–H and O–H groups in total. The second-order valence-corrected chi connectivity index (χ2v) is 9.71. The minimum Gasteiger partial charge on any atom is -0.375 e. The number of aromatic nitrogens is 2. The smallest absolute Gasteiger partial charge is 0.0717 e. The van der Waals surface area contributed by atoms with E-state index in [1.54, 1.807) is 0 Å². The van der Waals surface area contributed by atoms with E-state index in [9.17, 15) is 0 Å². The Bertz CT molecular complexity index is 1230. The molecule has 4 aromatic rings. The Labute approximate surface area is 220 Å². The number of nitrogens with zero attached hydrogens (tertiary/aromatic N) is 3. The van der Waals surface area contributed by atoms with E-state index in [-0.39, 0.29) is 0 Å². The van der Waals surface area contributed by atoms with Gasteiger partial charge in [0.05, 0.1) is 30.6 Å². The van der Waals surface area contributed by atoms with E-state index >= 15 is 0 Å². The molecule has 1 atom stereocenters. The lowest BCUT2D eigenvalue weighted by molar-refractivity contribution is 0.0682. The van der Waals surface area contributed by atoms with E-state index < -0.39 is 0 Å². The molecule has 1 aliphatic carbocycles. The van der Waals surface area contributed by atoms with Crippen LogP contribution in [-0.2, 0) is 37.4 Å². The van der Waals surface area contributed by atoms with E-state index in [2.05, 4.69) is 81.9 Å². The second kappa shape index (κ2) is 13.2. The molecule has 0 fully saturated rings. The standard InChI is InChI=1S/C32H36N4O/c1-2-9-26(10-3-1)25-37-20-19-36(31-16-7-13-29-14-8-18-35-32(29)31)24-28-12-6-11-27(21-28)22-33-23-30-15-4-5-17-34-30/h1-6,8-12,14-15,17-18,21,31,33H,7,13,16,19-20,22-25H2. The summed E-state index contributed by atoms with van der Waals surface area (Å²) in [5.41, 5.74) is 7.51. The fourth-order valence-corrected chi connectivity index (χ4v) is 5.14. The zero-order valence-electron chi connectivity index (χ0n) is 21.4. The van der Waals surface area contributed by atoms with Gasteiger partial charge < -0.3 is 10.1 Å². The summed E-state index contributed by atoms with van der Waals surface area (Å²) < 4.78 is 6.11. The fourth-order valence-electron chi connectivity index (χ4n) is 5.14. The minimum atomic E-state index is 0.316. The molecule has 2 heterocycles. The van der Waals surface area contributed by atoms with Crippen molar-refractivity contribution in [1.29, 1.82) is 0 Å². The maximum absolute atomic E-state index is 6.11. The zero-order valence-corrected chi connectivity index (χ0v) is 21.4. The molecule has 0 bridgehead atoms. The first-order valence-electron chi connectivity index (χ1n) is 13.3. The molecular formula is C32H36N4O. The Kier molecular flexibility index (Phi) is 9.05. The lowest BCUT2D eigenvalue weighted by atomic mass is 9.90. The summed E-state index contributed by atoms with van der Waals surface area (Å²) in [5, 5.41) is 3.53. The monoisotopic (exact) mass is 492 g/mol. The van der Waals surface area contributed by atoms with E-state index in [0.717, 1.165) is 44.7 Å². The van der Waals surface area contributed by atoms with Gasteiger partial charge in [-0.3, -0.25) is 14.9 Å². The summed E-state index contributed by atoms with van der Waals surface area (Å²) in [7, 11) is 0. The highest BCUT2D eigenvalue weighted by Crippen LogP contribution is 2.33. The fraction of sp³-hybridized carbons (Fsp3) is 0.312. The molecule has 0 spiro atoms. The van der Waals surface area contributed by atoms with Gasteiger partial charge in [-0.15, -0.1) is 0 Å². The van der Waals surface area contributed by atoms with Crippen LogP contribution in [-0.4, -0.2) is 28.0 Å². The van der Waals surface area contributed by atoms with Crippen molar-refractivity contribution >= 4 is 0 Å². The Hall–Kier alpha value is -3.38. The molecule has 0 radical (unpaired) electrons. The van der Waals surface area contributed by atoms with Crippen molar-refractivity contribution in [3.63, 3.8) is 0 Å². The number of hydrogen-bond acceptors (Lipinski definition) is 5. The number of hydrogen-bond donors (Lipinski definition) is 1. The van der Waals surface area contributed by atoms with Crippen LogP contribution in [0.5, 0.6) is 0 Å². The van der Waals surface area contributed by atoms with Gasteiger partial charge in [-0.05, 0) is 59.7 Å². The number of fused-ring (bicyclic) bond motifs is 1. The predicted octanol–water partition coefficient (Wildman–Crippen LogP) is 5.86. The first-order valence-corrected chi connectivity index (χ1v) is 13.3. The molecule has 5 rings (SSSR count). The number of pyridine rings is 2. The van der Waals surface area contributed by atoms with Gasteiger partial charge in [0, 0.05) is 38.6 Å². The second-order valence-electron chi connectivity index (χ2n) is 9.71. The molecule has 5 nitrogen and oxygen atoms in total. The molecule has 2 aromatic carbocycles. The van der Waals surface area contributed by atoms with Crippen LogP contribution in [0.4, 0.5) is 0 Å². The Morgan fingerprint density at radius 1 is 0.811 bits per heavy atom. The van der Waals surface area contributed by atoms with E-state index in [1.165, 1.54) is 34.4 Å². The molecule has 37 heavy (non-hydrogen) atoms. The average molecular weight is 493 g/mol. The number of ether oxygens (including phenoxy) is 1. The summed E-state index contributed by atoms with van der Waals surface area (Å²) in [5.74, 6) is 0. The van der Waals surface area contributed by atoms with Gasteiger partial charge in [-0.25, -0.2) is 0 Å². The van der Waals surface area contributed by atoms with E-state index in [1.807, 2.05) is 30.6 Å². The van der Waals surface area contributed by atoms with Crippen LogP contribution in [0, 0.1) is 0 Å². The molecule has 2 aromatic heterocycles. The summed E-state index contributed by atoms with van der Waals surface area (Å²) in [6, 6.07) is 30.0. The quantitative estimate of drug-likeness (QED) is 0.251. The molecular weight excluding hydrogens is 456 g/mol. The molecule has 1 aliphatic rings. The van der Waals surface area contributed by atoms with Crippen LogP contribution < -0.4 is 5.32 Å². The van der Waals surface area contributed by atoms with Gasteiger partial charge in [0.1, 0.15) is 0 Å². The number of nitrogens with one attached hydrogen (secondary N) is 1. The molecule has 0 saturated heterocycles. The largest absolute Gasteiger partial charge is 0.375 e. The van der Waals surface area contributed by atoms with Crippen LogP contribution in [0.1, 0.15) is 52.5 Å².